The second-order valence-electron chi connectivity index (χ2n) is 3.46. The van der Waals surface area contributed by atoms with Crippen molar-refractivity contribution in [3.8, 4) is 11.8 Å². The molecule has 3 nitrogen and oxygen atoms in total. The summed E-state index contributed by atoms with van der Waals surface area (Å²) >= 11 is 6.90. The molecule has 0 saturated carbocycles. The summed E-state index contributed by atoms with van der Waals surface area (Å²) in [5.41, 5.74) is 1.66. The third-order valence-electron chi connectivity index (χ3n) is 2.26. The molecule has 0 radical (unpaired) electrons. The molecule has 2 rings (SSSR count). The highest BCUT2D eigenvalue weighted by Gasteiger charge is 2.12. The molecule has 0 atom stereocenters. The zero-order valence-electron chi connectivity index (χ0n) is 9.00. The Bertz CT molecular complexity index is 620. The van der Waals surface area contributed by atoms with E-state index in [1.54, 1.807) is 0 Å². The number of pyridine rings is 1. The smallest absolute Gasteiger partial charge is 0.174 e. The lowest BCUT2D eigenvalue weighted by molar-refractivity contribution is 0.369. The summed E-state index contributed by atoms with van der Waals surface area (Å²) in [4.78, 5) is 4.46. The Balaban J connectivity index is 2.72. The van der Waals surface area contributed by atoms with Gasteiger partial charge in [-0.3, -0.25) is 0 Å². The van der Waals surface area contributed by atoms with E-state index in [4.69, 9.17) is 10.00 Å². The molecule has 0 aliphatic rings. The summed E-state index contributed by atoms with van der Waals surface area (Å²) in [7, 11) is 0. The molecule has 0 aliphatic heterocycles. The van der Waals surface area contributed by atoms with Crippen LogP contribution >= 0.6 is 31.9 Å². The van der Waals surface area contributed by atoms with Gasteiger partial charge in [0.2, 0.25) is 0 Å². The van der Waals surface area contributed by atoms with Gasteiger partial charge < -0.3 is 4.74 Å². The molecule has 0 fully saturated rings. The molecular formula is C12H8Br2N2O. The van der Waals surface area contributed by atoms with Crippen molar-refractivity contribution in [1.29, 1.82) is 5.26 Å². The first-order chi connectivity index (χ1) is 8.13. The third kappa shape index (κ3) is 2.43. The molecule has 17 heavy (non-hydrogen) atoms. The summed E-state index contributed by atoms with van der Waals surface area (Å²) < 4.78 is 7.14. The van der Waals surface area contributed by atoms with E-state index in [1.807, 2.05) is 31.2 Å². The van der Waals surface area contributed by atoms with Gasteiger partial charge in [-0.25, -0.2) is 4.98 Å². The first-order valence-corrected chi connectivity index (χ1v) is 6.47. The van der Waals surface area contributed by atoms with Crippen molar-refractivity contribution in [1.82, 2.24) is 4.98 Å². The summed E-state index contributed by atoms with van der Waals surface area (Å²) in [5, 5.41) is 9.54. The van der Waals surface area contributed by atoms with E-state index in [9.17, 15) is 0 Å². The van der Waals surface area contributed by atoms with Gasteiger partial charge in [0, 0.05) is 15.6 Å². The number of ether oxygens (including phenoxy) is 1. The fraction of sp³-hybridized carbons (Fsp3) is 0.167. The van der Waals surface area contributed by atoms with E-state index in [1.165, 1.54) is 0 Å². The first kappa shape index (κ1) is 12.3. The molecule has 0 amide bonds. The number of aryl methyl sites for hydroxylation is 1. The predicted molar refractivity (Wildman–Crippen MR) is 73.0 cm³/mol. The summed E-state index contributed by atoms with van der Waals surface area (Å²) in [5.74, 6) is 0.605. The minimum atomic E-state index is 0.00491. The van der Waals surface area contributed by atoms with Crippen LogP contribution in [0.1, 0.15) is 5.69 Å². The Labute approximate surface area is 116 Å². The number of nitriles is 1. The summed E-state index contributed by atoms with van der Waals surface area (Å²) in [6, 6.07) is 7.77. The molecule has 0 aliphatic carbocycles. The molecule has 0 saturated heterocycles. The average molecular weight is 356 g/mol. The Morgan fingerprint density at radius 3 is 2.82 bits per heavy atom. The van der Waals surface area contributed by atoms with Crippen molar-refractivity contribution in [2.45, 2.75) is 6.92 Å². The highest BCUT2D eigenvalue weighted by atomic mass is 79.9. The lowest BCUT2D eigenvalue weighted by Crippen LogP contribution is -1.97. The van der Waals surface area contributed by atoms with Gasteiger partial charge in [-0.1, -0.05) is 15.9 Å². The van der Waals surface area contributed by atoms with Crippen LogP contribution in [0.25, 0.3) is 10.9 Å². The van der Waals surface area contributed by atoms with Gasteiger partial charge in [0.1, 0.15) is 11.6 Å². The Kier molecular flexibility index (Phi) is 3.65. The van der Waals surface area contributed by atoms with Crippen molar-refractivity contribution in [2.24, 2.45) is 0 Å². The second kappa shape index (κ2) is 5.03. The number of fused-ring (bicyclic) bond motifs is 1. The van der Waals surface area contributed by atoms with Crippen molar-refractivity contribution in [3.05, 3.63) is 32.8 Å². The normalized spacial score (nSPS) is 10.2. The fourth-order valence-electron chi connectivity index (χ4n) is 1.53. The first-order valence-electron chi connectivity index (χ1n) is 4.88. The van der Waals surface area contributed by atoms with Gasteiger partial charge in [0.25, 0.3) is 0 Å². The van der Waals surface area contributed by atoms with E-state index in [-0.39, 0.29) is 6.61 Å². The maximum Gasteiger partial charge on any atom is 0.174 e. The number of nitrogens with zero attached hydrogens (tertiary/aromatic N) is 2. The zero-order chi connectivity index (χ0) is 12.4. The van der Waals surface area contributed by atoms with Crippen LogP contribution < -0.4 is 4.74 Å². The van der Waals surface area contributed by atoms with Crippen molar-refractivity contribution >= 4 is 42.8 Å². The third-order valence-corrected chi connectivity index (χ3v) is 3.50. The fourth-order valence-corrected chi connectivity index (χ4v) is 2.92. The zero-order valence-corrected chi connectivity index (χ0v) is 12.2. The molecule has 0 N–H and O–H groups in total. The number of hydrogen-bond acceptors (Lipinski definition) is 3. The van der Waals surface area contributed by atoms with E-state index >= 15 is 0 Å². The highest BCUT2D eigenvalue weighted by molar-refractivity contribution is 9.11. The number of aromatic nitrogens is 1. The van der Waals surface area contributed by atoms with Crippen LogP contribution in [0.15, 0.2) is 27.1 Å². The quantitative estimate of drug-likeness (QED) is 0.818. The molecule has 1 aromatic carbocycles. The van der Waals surface area contributed by atoms with Gasteiger partial charge in [0.05, 0.1) is 4.47 Å². The number of benzene rings is 1. The molecular weight excluding hydrogens is 348 g/mol. The minimum Gasteiger partial charge on any atom is -0.475 e. The van der Waals surface area contributed by atoms with Gasteiger partial charge in [0.15, 0.2) is 12.4 Å². The van der Waals surface area contributed by atoms with Gasteiger partial charge in [-0.15, -0.1) is 0 Å². The number of rotatable bonds is 2. The Morgan fingerprint density at radius 1 is 1.35 bits per heavy atom. The molecule has 0 unspecified atom stereocenters. The van der Waals surface area contributed by atoms with Crippen LogP contribution in [0, 0.1) is 18.3 Å². The molecule has 1 aromatic heterocycles. The monoisotopic (exact) mass is 354 g/mol. The van der Waals surface area contributed by atoms with Crippen LogP contribution in [0.2, 0.25) is 0 Å². The largest absolute Gasteiger partial charge is 0.475 e. The van der Waals surface area contributed by atoms with Gasteiger partial charge in [-0.05, 0) is 41.1 Å². The SMILES string of the molecule is Cc1ccc2c(Br)cc(Br)c(OCC#N)c2n1. The maximum atomic E-state index is 8.58. The molecule has 2 aromatic rings. The molecule has 0 bridgehead atoms. The highest BCUT2D eigenvalue weighted by Crippen LogP contribution is 2.37. The van der Waals surface area contributed by atoms with Crippen LogP contribution in [-0.4, -0.2) is 11.6 Å². The molecule has 86 valence electrons. The summed E-state index contributed by atoms with van der Waals surface area (Å²) in [6.07, 6.45) is 0. The lowest BCUT2D eigenvalue weighted by Gasteiger charge is -2.10. The molecule has 0 spiro atoms. The van der Waals surface area contributed by atoms with Crippen molar-refractivity contribution in [3.63, 3.8) is 0 Å². The van der Waals surface area contributed by atoms with E-state index < -0.39 is 0 Å². The topological polar surface area (TPSA) is 45.9 Å². The van der Waals surface area contributed by atoms with E-state index in [2.05, 4.69) is 36.8 Å². The predicted octanol–water partition coefficient (Wildman–Crippen LogP) is 3.97. The second-order valence-corrected chi connectivity index (χ2v) is 5.17. The Morgan fingerprint density at radius 2 is 2.12 bits per heavy atom. The van der Waals surface area contributed by atoms with E-state index in [0.717, 1.165) is 25.5 Å². The Hall–Kier alpha value is -1.12. The molecule has 1 heterocycles. The van der Waals surface area contributed by atoms with Gasteiger partial charge >= 0.3 is 0 Å². The standard InChI is InChI=1S/C12H8Br2N2O/c1-7-2-3-8-9(13)6-10(14)12(11(8)16-7)17-5-4-15/h2-3,6H,5H2,1H3. The van der Waals surface area contributed by atoms with Crippen LogP contribution in [0.4, 0.5) is 0 Å². The lowest BCUT2D eigenvalue weighted by atomic mass is 10.2. The van der Waals surface area contributed by atoms with Crippen molar-refractivity contribution < 1.29 is 4.74 Å². The average Bonchev–Trinajstić information content (AvgIpc) is 2.28. The maximum absolute atomic E-state index is 8.58. The number of halogens is 2. The molecule has 5 heteroatoms. The van der Waals surface area contributed by atoms with Crippen LogP contribution in [-0.2, 0) is 0 Å². The van der Waals surface area contributed by atoms with Crippen LogP contribution in [0.3, 0.4) is 0 Å². The number of hydrogen-bond donors (Lipinski definition) is 0. The van der Waals surface area contributed by atoms with Crippen LogP contribution in [0.5, 0.6) is 5.75 Å². The summed E-state index contributed by atoms with van der Waals surface area (Å²) in [6.45, 7) is 1.92. The minimum absolute atomic E-state index is 0.00491. The van der Waals surface area contributed by atoms with E-state index in [0.29, 0.717) is 5.75 Å². The van der Waals surface area contributed by atoms with Gasteiger partial charge in [-0.2, -0.15) is 5.26 Å². The van der Waals surface area contributed by atoms with Crippen molar-refractivity contribution in [2.75, 3.05) is 6.61 Å².